The van der Waals surface area contributed by atoms with Crippen LogP contribution in [0.25, 0.3) is 6.08 Å². The summed E-state index contributed by atoms with van der Waals surface area (Å²) >= 11 is 0. The first-order chi connectivity index (χ1) is 6.75. The van der Waals surface area contributed by atoms with Gasteiger partial charge in [0.1, 0.15) is 5.76 Å². The summed E-state index contributed by atoms with van der Waals surface area (Å²) in [5, 5.41) is 9.59. The Bertz CT molecular complexity index is 399. The van der Waals surface area contributed by atoms with Gasteiger partial charge >= 0.3 is 0 Å². The van der Waals surface area contributed by atoms with Crippen LogP contribution in [0.4, 0.5) is 0 Å². The van der Waals surface area contributed by atoms with E-state index in [-0.39, 0.29) is 0 Å². The van der Waals surface area contributed by atoms with Crippen molar-refractivity contribution < 1.29 is 9.52 Å². The summed E-state index contributed by atoms with van der Waals surface area (Å²) in [6.45, 7) is 0. The van der Waals surface area contributed by atoms with Crippen molar-refractivity contribution in [3.05, 3.63) is 53.7 Å². The summed E-state index contributed by atoms with van der Waals surface area (Å²) in [6, 6.07) is 3.62. The van der Waals surface area contributed by atoms with E-state index in [4.69, 9.17) is 10.2 Å². The monoisotopic (exact) mass is 189 g/mol. The molecule has 1 atom stereocenters. The summed E-state index contributed by atoms with van der Waals surface area (Å²) in [4.78, 5) is 0. The molecule has 1 aromatic heterocycles. The van der Waals surface area contributed by atoms with Gasteiger partial charge in [0, 0.05) is 5.70 Å². The quantitative estimate of drug-likeness (QED) is 0.702. The third-order valence-electron chi connectivity index (χ3n) is 2.00. The van der Waals surface area contributed by atoms with E-state index in [1.807, 2.05) is 6.07 Å². The average Bonchev–Trinajstić information content (AvgIpc) is 2.64. The number of hydrogen-bond donors (Lipinski definition) is 2. The van der Waals surface area contributed by atoms with Gasteiger partial charge in [-0.3, -0.25) is 0 Å². The SMILES string of the molecule is NC1=CC(=Cc2ccco2)C(O)C=C1. The molecule has 72 valence electrons. The van der Waals surface area contributed by atoms with Crippen molar-refractivity contribution >= 4 is 6.08 Å². The maximum Gasteiger partial charge on any atom is 0.127 e. The summed E-state index contributed by atoms with van der Waals surface area (Å²) < 4.78 is 5.14. The molecule has 0 amide bonds. The summed E-state index contributed by atoms with van der Waals surface area (Å²) in [7, 11) is 0. The maximum atomic E-state index is 9.59. The van der Waals surface area contributed by atoms with Crippen LogP contribution in [0.2, 0.25) is 0 Å². The Morgan fingerprint density at radius 2 is 2.36 bits per heavy atom. The molecule has 0 bridgehead atoms. The normalized spacial score (nSPS) is 23.9. The lowest BCUT2D eigenvalue weighted by molar-refractivity contribution is 0.262. The van der Waals surface area contributed by atoms with Crippen LogP contribution in [0, 0.1) is 0 Å². The Hall–Kier alpha value is -1.74. The molecule has 2 rings (SSSR count). The number of allylic oxidation sites excluding steroid dienone is 1. The second-order valence-corrected chi connectivity index (χ2v) is 3.11. The molecule has 0 radical (unpaired) electrons. The highest BCUT2D eigenvalue weighted by molar-refractivity contribution is 5.56. The molecule has 0 spiro atoms. The predicted octanol–water partition coefficient (Wildman–Crippen LogP) is 1.44. The molecular formula is C11H11NO2. The lowest BCUT2D eigenvalue weighted by Crippen LogP contribution is -2.11. The zero-order valence-electron chi connectivity index (χ0n) is 7.55. The molecule has 0 fully saturated rings. The highest BCUT2D eigenvalue weighted by Gasteiger charge is 2.09. The van der Waals surface area contributed by atoms with E-state index < -0.39 is 6.10 Å². The molecule has 3 heteroatoms. The number of nitrogens with two attached hydrogens (primary N) is 1. The van der Waals surface area contributed by atoms with E-state index in [1.54, 1.807) is 36.6 Å². The van der Waals surface area contributed by atoms with Gasteiger partial charge in [0.05, 0.1) is 12.4 Å². The number of furan rings is 1. The fraction of sp³-hybridized carbons (Fsp3) is 0.0909. The molecule has 0 aliphatic heterocycles. The molecular weight excluding hydrogens is 178 g/mol. The summed E-state index contributed by atoms with van der Waals surface area (Å²) in [5.41, 5.74) is 6.98. The predicted molar refractivity (Wildman–Crippen MR) is 54.1 cm³/mol. The minimum Gasteiger partial charge on any atom is -0.465 e. The van der Waals surface area contributed by atoms with Crippen molar-refractivity contribution in [3.8, 4) is 0 Å². The fourth-order valence-corrected chi connectivity index (χ4v) is 1.30. The fourth-order valence-electron chi connectivity index (χ4n) is 1.30. The van der Waals surface area contributed by atoms with Crippen molar-refractivity contribution in [1.29, 1.82) is 0 Å². The van der Waals surface area contributed by atoms with Crippen LogP contribution in [0.3, 0.4) is 0 Å². The van der Waals surface area contributed by atoms with E-state index in [1.165, 1.54) is 0 Å². The van der Waals surface area contributed by atoms with Gasteiger partial charge in [0.15, 0.2) is 0 Å². The Kier molecular flexibility index (Phi) is 2.24. The Morgan fingerprint density at radius 1 is 1.50 bits per heavy atom. The van der Waals surface area contributed by atoms with E-state index in [0.717, 1.165) is 5.57 Å². The van der Waals surface area contributed by atoms with Crippen LogP contribution in [0.15, 0.2) is 52.3 Å². The van der Waals surface area contributed by atoms with E-state index in [0.29, 0.717) is 11.5 Å². The van der Waals surface area contributed by atoms with Crippen molar-refractivity contribution in [2.75, 3.05) is 0 Å². The van der Waals surface area contributed by atoms with Gasteiger partial charge in [-0.2, -0.15) is 0 Å². The van der Waals surface area contributed by atoms with Gasteiger partial charge in [-0.05, 0) is 42.0 Å². The van der Waals surface area contributed by atoms with Crippen molar-refractivity contribution in [2.45, 2.75) is 6.10 Å². The van der Waals surface area contributed by atoms with Crippen molar-refractivity contribution in [2.24, 2.45) is 5.73 Å². The van der Waals surface area contributed by atoms with E-state index in [9.17, 15) is 5.11 Å². The molecule has 14 heavy (non-hydrogen) atoms. The smallest absolute Gasteiger partial charge is 0.127 e. The van der Waals surface area contributed by atoms with Crippen molar-refractivity contribution in [3.63, 3.8) is 0 Å². The van der Waals surface area contributed by atoms with Gasteiger partial charge in [-0.15, -0.1) is 0 Å². The lowest BCUT2D eigenvalue weighted by Gasteiger charge is -2.11. The van der Waals surface area contributed by atoms with Crippen LogP contribution in [0.1, 0.15) is 5.76 Å². The van der Waals surface area contributed by atoms with Crippen LogP contribution < -0.4 is 5.73 Å². The van der Waals surface area contributed by atoms with Crippen LogP contribution in [0.5, 0.6) is 0 Å². The topological polar surface area (TPSA) is 59.4 Å². The zero-order chi connectivity index (χ0) is 9.97. The third kappa shape index (κ3) is 1.78. The maximum absolute atomic E-state index is 9.59. The van der Waals surface area contributed by atoms with Gasteiger partial charge in [-0.25, -0.2) is 0 Å². The van der Waals surface area contributed by atoms with Gasteiger partial charge in [0.25, 0.3) is 0 Å². The molecule has 1 aromatic rings. The minimum atomic E-state index is -0.604. The Labute approximate surface area is 81.8 Å². The zero-order valence-corrected chi connectivity index (χ0v) is 7.55. The minimum absolute atomic E-state index is 0.604. The second-order valence-electron chi connectivity index (χ2n) is 3.11. The standard InChI is InChI=1S/C11H11NO2/c12-9-3-4-11(13)8(6-9)7-10-2-1-5-14-10/h1-7,11,13H,12H2. The highest BCUT2D eigenvalue weighted by Crippen LogP contribution is 2.17. The first-order valence-corrected chi connectivity index (χ1v) is 4.34. The van der Waals surface area contributed by atoms with Crippen LogP contribution in [-0.4, -0.2) is 11.2 Å². The first kappa shape index (κ1) is 8.84. The molecule has 0 saturated carbocycles. The van der Waals surface area contributed by atoms with Gasteiger partial charge in [0.2, 0.25) is 0 Å². The molecule has 0 saturated heterocycles. The average molecular weight is 189 g/mol. The Balaban J connectivity index is 2.30. The number of aliphatic hydroxyl groups excluding tert-OH is 1. The van der Waals surface area contributed by atoms with E-state index >= 15 is 0 Å². The molecule has 0 aromatic carbocycles. The number of hydrogen-bond acceptors (Lipinski definition) is 3. The second kappa shape index (κ2) is 3.55. The first-order valence-electron chi connectivity index (χ1n) is 4.34. The Morgan fingerprint density at radius 3 is 3.07 bits per heavy atom. The molecule has 1 heterocycles. The number of aliphatic hydroxyl groups is 1. The van der Waals surface area contributed by atoms with Crippen LogP contribution in [-0.2, 0) is 0 Å². The molecule has 1 unspecified atom stereocenters. The molecule has 1 aliphatic carbocycles. The molecule has 3 N–H and O–H groups in total. The van der Waals surface area contributed by atoms with Crippen LogP contribution >= 0.6 is 0 Å². The number of rotatable bonds is 1. The van der Waals surface area contributed by atoms with Gasteiger partial charge < -0.3 is 15.3 Å². The summed E-state index contributed by atoms with van der Waals surface area (Å²) in [6.07, 6.45) is 7.81. The largest absolute Gasteiger partial charge is 0.465 e. The summed E-state index contributed by atoms with van der Waals surface area (Å²) in [5.74, 6) is 0.707. The molecule has 1 aliphatic rings. The highest BCUT2D eigenvalue weighted by atomic mass is 16.3. The van der Waals surface area contributed by atoms with E-state index in [2.05, 4.69) is 0 Å². The van der Waals surface area contributed by atoms with Gasteiger partial charge in [-0.1, -0.05) is 0 Å². The molecule has 3 nitrogen and oxygen atoms in total. The van der Waals surface area contributed by atoms with Crippen molar-refractivity contribution in [1.82, 2.24) is 0 Å². The lowest BCUT2D eigenvalue weighted by atomic mass is 10.0. The third-order valence-corrected chi connectivity index (χ3v) is 2.00.